The summed E-state index contributed by atoms with van der Waals surface area (Å²) in [6.45, 7) is 1.93. The highest BCUT2D eigenvalue weighted by atomic mass is 14.9. The number of nitriles is 1. The summed E-state index contributed by atoms with van der Waals surface area (Å²) in [5.41, 5.74) is 8.87. The van der Waals surface area contributed by atoms with Crippen molar-refractivity contribution in [2.75, 3.05) is 5.73 Å². The van der Waals surface area contributed by atoms with Crippen LogP contribution in [0.2, 0.25) is 0 Å². The van der Waals surface area contributed by atoms with Crippen LogP contribution < -0.4 is 5.73 Å². The van der Waals surface area contributed by atoms with E-state index in [0.29, 0.717) is 11.4 Å². The standard InChI is InChI=1S/C12H10N4/c1-8-4-9(5-13)2-3-10(8)11-6-15-7-12(14)16-11/h2-4,6-7H,1H3,(H2,14,16). The summed E-state index contributed by atoms with van der Waals surface area (Å²) >= 11 is 0. The molecule has 2 rings (SSSR count). The minimum absolute atomic E-state index is 0.390. The monoisotopic (exact) mass is 210 g/mol. The van der Waals surface area contributed by atoms with Crippen molar-refractivity contribution in [3.8, 4) is 17.3 Å². The molecule has 0 unspecified atom stereocenters. The quantitative estimate of drug-likeness (QED) is 0.780. The molecule has 0 aliphatic rings. The van der Waals surface area contributed by atoms with Gasteiger partial charge in [-0.15, -0.1) is 0 Å². The Morgan fingerprint density at radius 1 is 1.31 bits per heavy atom. The first kappa shape index (κ1) is 10.1. The molecule has 0 aliphatic heterocycles. The highest BCUT2D eigenvalue weighted by Gasteiger charge is 2.04. The largest absolute Gasteiger partial charge is 0.382 e. The van der Waals surface area contributed by atoms with E-state index in [1.165, 1.54) is 6.20 Å². The SMILES string of the molecule is Cc1cc(C#N)ccc1-c1cncc(N)n1. The second-order valence-corrected chi connectivity index (χ2v) is 3.47. The van der Waals surface area contributed by atoms with Crippen LogP contribution >= 0.6 is 0 Å². The van der Waals surface area contributed by atoms with Crippen molar-refractivity contribution in [2.45, 2.75) is 6.92 Å². The molecular formula is C12H10N4. The molecule has 16 heavy (non-hydrogen) atoms. The summed E-state index contributed by atoms with van der Waals surface area (Å²) in [5.74, 6) is 0.390. The van der Waals surface area contributed by atoms with Crippen LogP contribution in [0.3, 0.4) is 0 Å². The van der Waals surface area contributed by atoms with E-state index in [-0.39, 0.29) is 0 Å². The Balaban J connectivity index is 2.53. The average Bonchev–Trinajstić information content (AvgIpc) is 2.28. The zero-order chi connectivity index (χ0) is 11.5. The Labute approximate surface area is 93.4 Å². The van der Waals surface area contributed by atoms with Crippen LogP contribution in [0.15, 0.2) is 30.6 Å². The van der Waals surface area contributed by atoms with Crippen LogP contribution in [0, 0.1) is 18.3 Å². The third kappa shape index (κ3) is 1.84. The number of nitrogens with two attached hydrogens (primary N) is 1. The van der Waals surface area contributed by atoms with Gasteiger partial charge in [0.2, 0.25) is 0 Å². The van der Waals surface area contributed by atoms with Crippen molar-refractivity contribution in [3.05, 3.63) is 41.7 Å². The van der Waals surface area contributed by atoms with E-state index in [1.807, 2.05) is 19.1 Å². The maximum atomic E-state index is 8.77. The fourth-order valence-electron chi connectivity index (χ4n) is 1.53. The molecule has 2 N–H and O–H groups in total. The van der Waals surface area contributed by atoms with Crippen LogP contribution in [-0.4, -0.2) is 9.97 Å². The number of hydrogen-bond acceptors (Lipinski definition) is 4. The van der Waals surface area contributed by atoms with Gasteiger partial charge in [-0.25, -0.2) is 4.98 Å². The molecule has 1 aromatic heterocycles. The molecule has 0 atom stereocenters. The lowest BCUT2D eigenvalue weighted by Crippen LogP contribution is -1.95. The van der Waals surface area contributed by atoms with E-state index in [2.05, 4.69) is 16.0 Å². The Morgan fingerprint density at radius 2 is 2.12 bits per heavy atom. The third-order valence-electron chi connectivity index (χ3n) is 2.28. The van der Waals surface area contributed by atoms with Crippen molar-refractivity contribution in [3.63, 3.8) is 0 Å². The number of hydrogen-bond donors (Lipinski definition) is 1. The van der Waals surface area contributed by atoms with Crippen molar-refractivity contribution in [1.29, 1.82) is 5.26 Å². The van der Waals surface area contributed by atoms with Gasteiger partial charge in [0.1, 0.15) is 5.82 Å². The molecule has 0 bridgehead atoms. The van der Waals surface area contributed by atoms with Crippen molar-refractivity contribution >= 4 is 5.82 Å². The summed E-state index contributed by atoms with van der Waals surface area (Å²) in [4.78, 5) is 8.18. The predicted octanol–water partition coefficient (Wildman–Crippen LogP) is 1.91. The van der Waals surface area contributed by atoms with Gasteiger partial charge in [-0.2, -0.15) is 5.26 Å². The lowest BCUT2D eigenvalue weighted by Gasteiger charge is -2.05. The molecule has 2 aromatic rings. The maximum Gasteiger partial charge on any atom is 0.142 e. The fourth-order valence-corrected chi connectivity index (χ4v) is 1.53. The van der Waals surface area contributed by atoms with Crippen molar-refractivity contribution in [1.82, 2.24) is 9.97 Å². The summed E-state index contributed by atoms with van der Waals surface area (Å²) in [7, 11) is 0. The molecule has 0 radical (unpaired) electrons. The Kier molecular flexibility index (Phi) is 2.52. The van der Waals surface area contributed by atoms with E-state index < -0.39 is 0 Å². The lowest BCUT2D eigenvalue weighted by atomic mass is 10.0. The number of rotatable bonds is 1. The molecule has 1 aromatic carbocycles. The van der Waals surface area contributed by atoms with E-state index in [4.69, 9.17) is 11.0 Å². The highest BCUT2D eigenvalue weighted by molar-refractivity contribution is 5.64. The van der Waals surface area contributed by atoms with Gasteiger partial charge >= 0.3 is 0 Å². The van der Waals surface area contributed by atoms with E-state index in [0.717, 1.165) is 16.8 Å². The molecular weight excluding hydrogens is 200 g/mol. The topological polar surface area (TPSA) is 75.6 Å². The van der Waals surface area contributed by atoms with Gasteiger partial charge in [-0.05, 0) is 24.6 Å². The van der Waals surface area contributed by atoms with Crippen LogP contribution in [0.5, 0.6) is 0 Å². The van der Waals surface area contributed by atoms with Gasteiger partial charge in [0, 0.05) is 5.56 Å². The summed E-state index contributed by atoms with van der Waals surface area (Å²) in [6.07, 6.45) is 3.16. The molecule has 78 valence electrons. The van der Waals surface area contributed by atoms with Crippen LogP contribution in [0.1, 0.15) is 11.1 Å². The third-order valence-corrected chi connectivity index (χ3v) is 2.28. The second kappa shape index (κ2) is 3.99. The van der Waals surface area contributed by atoms with E-state index in [9.17, 15) is 0 Å². The molecule has 0 aliphatic carbocycles. The summed E-state index contributed by atoms with van der Waals surface area (Å²) < 4.78 is 0. The van der Waals surface area contributed by atoms with Gasteiger partial charge in [0.05, 0.1) is 29.7 Å². The number of benzene rings is 1. The molecule has 4 nitrogen and oxygen atoms in total. The van der Waals surface area contributed by atoms with Gasteiger partial charge in [0.25, 0.3) is 0 Å². The molecule has 0 amide bonds. The molecule has 0 fully saturated rings. The van der Waals surface area contributed by atoms with Gasteiger partial charge in [-0.1, -0.05) is 6.07 Å². The predicted molar refractivity (Wildman–Crippen MR) is 61.3 cm³/mol. The second-order valence-electron chi connectivity index (χ2n) is 3.47. The van der Waals surface area contributed by atoms with Crippen LogP contribution in [0.25, 0.3) is 11.3 Å². The van der Waals surface area contributed by atoms with E-state index in [1.54, 1.807) is 12.3 Å². The van der Waals surface area contributed by atoms with Crippen molar-refractivity contribution in [2.24, 2.45) is 0 Å². The molecule has 1 heterocycles. The van der Waals surface area contributed by atoms with Crippen LogP contribution in [-0.2, 0) is 0 Å². The van der Waals surface area contributed by atoms with E-state index >= 15 is 0 Å². The first-order chi connectivity index (χ1) is 7.70. The number of anilines is 1. The minimum atomic E-state index is 0.390. The number of aryl methyl sites for hydroxylation is 1. The average molecular weight is 210 g/mol. The zero-order valence-electron chi connectivity index (χ0n) is 8.81. The normalized spacial score (nSPS) is 9.75. The summed E-state index contributed by atoms with van der Waals surface area (Å²) in [6, 6.07) is 7.53. The first-order valence-electron chi connectivity index (χ1n) is 4.79. The maximum absolute atomic E-state index is 8.77. The molecule has 0 spiro atoms. The minimum Gasteiger partial charge on any atom is -0.382 e. The fraction of sp³-hybridized carbons (Fsp3) is 0.0833. The highest BCUT2D eigenvalue weighted by Crippen LogP contribution is 2.22. The van der Waals surface area contributed by atoms with Gasteiger partial charge < -0.3 is 5.73 Å². The Hall–Kier alpha value is -2.41. The Bertz CT molecular complexity index is 569. The molecule has 4 heteroatoms. The smallest absolute Gasteiger partial charge is 0.142 e. The Morgan fingerprint density at radius 3 is 2.75 bits per heavy atom. The lowest BCUT2D eigenvalue weighted by molar-refractivity contribution is 1.21. The van der Waals surface area contributed by atoms with Crippen LogP contribution in [0.4, 0.5) is 5.82 Å². The summed E-state index contributed by atoms with van der Waals surface area (Å²) in [5, 5.41) is 8.77. The van der Waals surface area contributed by atoms with Crippen molar-refractivity contribution < 1.29 is 0 Å². The number of aromatic nitrogens is 2. The number of nitrogen functional groups attached to an aromatic ring is 1. The first-order valence-corrected chi connectivity index (χ1v) is 4.79. The molecule has 0 saturated carbocycles. The molecule has 0 saturated heterocycles. The van der Waals surface area contributed by atoms with Gasteiger partial charge in [-0.3, -0.25) is 4.98 Å². The van der Waals surface area contributed by atoms with Gasteiger partial charge in [0.15, 0.2) is 0 Å². The number of nitrogens with zero attached hydrogens (tertiary/aromatic N) is 3. The zero-order valence-corrected chi connectivity index (χ0v) is 8.81.